The average molecular weight is 295 g/mol. The molecule has 0 heterocycles. The highest BCUT2D eigenvalue weighted by atomic mass is 79.9. The van der Waals surface area contributed by atoms with Gasteiger partial charge in [-0.1, -0.05) is 22.0 Å². The molecular formula is C13H11BrO3. The molecule has 2 aromatic rings. The van der Waals surface area contributed by atoms with Crippen LogP contribution in [0.25, 0.3) is 10.8 Å². The lowest BCUT2D eigenvalue weighted by molar-refractivity contribution is -0.138. The number of carboxylic acid groups (broad SMARTS) is 1. The molecule has 0 bridgehead atoms. The summed E-state index contributed by atoms with van der Waals surface area (Å²) in [5, 5.41) is 20.6. The van der Waals surface area contributed by atoms with Gasteiger partial charge in [0.05, 0.1) is 5.92 Å². The van der Waals surface area contributed by atoms with Gasteiger partial charge in [0.25, 0.3) is 0 Å². The van der Waals surface area contributed by atoms with Crippen molar-refractivity contribution in [3.63, 3.8) is 0 Å². The van der Waals surface area contributed by atoms with Crippen LogP contribution in [-0.2, 0) is 4.79 Å². The first-order chi connectivity index (χ1) is 7.99. The predicted molar refractivity (Wildman–Crippen MR) is 69.4 cm³/mol. The fourth-order valence-electron chi connectivity index (χ4n) is 1.75. The Morgan fingerprint density at radius 1 is 1.24 bits per heavy atom. The van der Waals surface area contributed by atoms with Crippen molar-refractivity contribution in [2.24, 2.45) is 0 Å². The zero-order valence-corrected chi connectivity index (χ0v) is 10.7. The number of fused-ring (bicyclic) bond motifs is 1. The van der Waals surface area contributed by atoms with Gasteiger partial charge in [0.1, 0.15) is 5.75 Å². The van der Waals surface area contributed by atoms with Crippen LogP contribution in [0.15, 0.2) is 34.8 Å². The van der Waals surface area contributed by atoms with Gasteiger partial charge in [-0.2, -0.15) is 0 Å². The monoisotopic (exact) mass is 294 g/mol. The molecule has 0 amide bonds. The van der Waals surface area contributed by atoms with Gasteiger partial charge in [-0.3, -0.25) is 4.79 Å². The zero-order chi connectivity index (χ0) is 12.6. The third-order valence-corrected chi connectivity index (χ3v) is 3.28. The van der Waals surface area contributed by atoms with Gasteiger partial charge in [0, 0.05) is 10.0 Å². The topological polar surface area (TPSA) is 57.5 Å². The maximum Gasteiger partial charge on any atom is 0.310 e. The molecule has 0 aliphatic heterocycles. The summed E-state index contributed by atoms with van der Waals surface area (Å²) in [7, 11) is 0. The lowest BCUT2D eigenvalue weighted by Crippen LogP contribution is -2.07. The number of hydrogen-bond acceptors (Lipinski definition) is 2. The minimum absolute atomic E-state index is 0.0229. The van der Waals surface area contributed by atoms with E-state index in [1.54, 1.807) is 19.1 Å². The van der Waals surface area contributed by atoms with Crippen LogP contribution < -0.4 is 0 Å². The molecule has 0 aliphatic carbocycles. The molecular weight excluding hydrogens is 284 g/mol. The lowest BCUT2D eigenvalue weighted by Gasteiger charge is -2.10. The maximum absolute atomic E-state index is 10.9. The highest BCUT2D eigenvalue weighted by Gasteiger charge is 2.18. The molecule has 88 valence electrons. The first kappa shape index (κ1) is 11.9. The summed E-state index contributed by atoms with van der Waals surface area (Å²) in [6.07, 6.45) is 0. The van der Waals surface area contributed by atoms with E-state index in [0.29, 0.717) is 5.56 Å². The van der Waals surface area contributed by atoms with Gasteiger partial charge < -0.3 is 10.2 Å². The smallest absolute Gasteiger partial charge is 0.310 e. The second kappa shape index (κ2) is 4.37. The molecule has 3 nitrogen and oxygen atoms in total. The number of phenols is 1. The molecule has 1 unspecified atom stereocenters. The van der Waals surface area contributed by atoms with Crippen LogP contribution in [0.1, 0.15) is 18.4 Å². The molecule has 4 heteroatoms. The van der Waals surface area contributed by atoms with Crippen molar-refractivity contribution in [1.29, 1.82) is 0 Å². The van der Waals surface area contributed by atoms with E-state index in [2.05, 4.69) is 15.9 Å². The van der Waals surface area contributed by atoms with Gasteiger partial charge in [0.2, 0.25) is 0 Å². The Hall–Kier alpha value is -1.55. The Bertz CT molecular complexity index is 592. The lowest BCUT2D eigenvalue weighted by atomic mass is 9.97. The normalized spacial score (nSPS) is 12.6. The molecule has 0 aromatic heterocycles. The standard InChI is InChI=1S/C13H11BrO3/c1-7(13(16)17)11-5-9-4-10(14)3-2-8(9)6-12(11)15/h2-7,15H,1H3,(H,16,17). The van der Waals surface area contributed by atoms with Crippen LogP contribution in [-0.4, -0.2) is 16.2 Å². The van der Waals surface area contributed by atoms with E-state index in [9.17, 15) is 9.90 Å². The van der Waals surface area contributed by atoms with Crippen LogP contribution in [0, 0.1) is 0 Å². The van der Waals surface area contributed by atoms with Crippen LogP contribution in [0.5, 0.6) is 5.75 Å². The molecule has 0 spiro atoms. The number of carboxylic acids is 1. The third kappa shape index (κ3) is 2.26. The second-order valence-electron chi connectivity index (χ2n) is 3.96. The Morgan fingerprint density at radius 3 is 2.59 bits per heavy atom. The van der Waals surface area contributed by atoms with E-state index in [1.165, 1.54) is 0 Å². The highest BCUT2D eigenvalue weighted by Crippen LogP contribution is 2.32. The number of aromatic hydroxyl groups is 1. The summed E-state index contributed by atoms with van der Waals surface area (Å²) in [6, 6.07) is 8.95. The summed E-state index contributed by atoms with van der Waals surface area (Å²) >= 11 is 3.36. The quantitative estimate of drug-likeness (QED) is 0.891. The van der Waals surface area contributed by atoms with Crippen molar-refractivity contribution in [2.75, 3.05) is 0 Å². The van der Waals surface area contributed by atoms with Gasteiger partial charge >= 0.3 is 5.97 Å². The van der Waals surface area contributed by atoms with E-state index in [1.807, 2.05) is 18.2 Å². The molecule has 2 aromatic carbocycles. The van der Waals surface area contributed by atoms with Crippen LogP contribution in [0.2, 0.25) is 0 Å². The number of halogens is 1. The van der Waals surface area contributed by atoms with E-state index < -0.39 is 11.9 Å². The van der Waals surface area contributed by atoms with Crippen molar-refractivity contribution < 1.29 is 15.0 Å². The average Bonchev–Trinajstić information content (AvgIpc) is 2.27. The molecule has 17 heavy (non-hydrogen) atoms. The summed E-state index contributed by atoms with van der Waals surface area (Å²) in [6.45, 7) is 1.56. The number of hydrogen-bond donors (Lipinski definition) is 2. The summed E-state index contributed by atoms with van der Waals surface area (Å²) < 4.78 is 0.921. The van der Waals surface area contributed by atoms with E-state index in [0.717, 1.165) is 15.2 Å². The summed E-state index contributed by atoms with van der Waals surface area (Å²) in [5.74, 6) is -1.65. The SMILES string of the molecule is CC(C(=O)O)c1cc2cc(Br)ccc2cc1O. The Kier molecular flexibility index (Phi) is 3.07. The van der Waals surface area contributed by atoms with Crippen LogP contribution in [0.4, 0.5) is 0 Å². The summed E-state index contributed by atoms with van der Waals surface area (Å²) in [4.78, 5) is 10.9. The number of aliphatic carboxylic acids is 1. The number of phenolic OH excluding ortho intramolecular Hbond substituents is 1. The molecule has 0 saturated carbocycles. The van der Waals surface area contributed by atoms with Crippen molar-refractivity contribution >= 4 is 32.7 Å². The summed E-state index contributed by atoms with van der Waals surface area (Å²) in [5.41, 5.74) is 0.433. The zero-order valence-electron chi connectivity index (χ0n) is 9.14. The van der Waals surface area contributed by atoms with Gasteiger partial charge in [-0.05, 0) is 42.0 Å². The Labute approximate surface area is 107 Å². The first-order valence-corrected chi connectivity index (χ1v) is 5.93. The van der Waals surface area contributed by atoms with E-state index in [-0.39, 0.29) is 5.75 Å². The molecule has 2 rings (SSSR count). The molecule has 0 aliphatic rings. The van der Waals surface area contributed by atoms with E-state index >= 15 is 0 Å². The molecule has 2 N–H and O–H groups in total. The second-order valence-corrected chi connectivity index (χ2v) is 4.88. The van der Waals surface area contributed by atoms with Crippen LogP contribution >= 0.6 is 15.9 Å². The number of carbonyl (C=O) groups is 1. The number of benzene rings is 2. The Morgan fingerprint density at radius 2 is 1.94 bits per heavy atom. The van der Waals surface area contributed by atoms with Crippen molar-refractivity contribution in [1.82, 2.24) is 0 Å². The van der Waals surface area contributed by atoms with Gasteiger partial charge in [0.15, 0.2) is 0 Å². The third-order valence-electron chi connectivity index (χ3n) is 2.78. The van der Waals surface area contributed by atoms with Crippen LogP contribution in [0.3, 0.4) is 0 Å². The fourth-order valence-corrected chi connectivity index (χ4v) is 2.13. The van der Waals surface area contributed by atoms with Crippen molar-refractivity contribution in [3.8, 4) is 5.75 Å². The fraction of sp³-hybridized carbons (Fsp3) is 0.154. The van der Waals surface area contributed by atoms with E-state index in [4.69, 9.17) is 5.11 Å². The molecule has 0 fully saturated rings. The Balaban J connectivity index is 2.65. The predicted octanol–water partition coefficient (Wildman–Crippen LogP) is 3.50. The number of rotatable bonds is 2. The molecule has 0 saturated heterocycles. The maximum atomic E-state index is 10.9. The highest BCUT2D eigenvalue weighted by molar-refractivity contribution is 9.10. The van der Waals surface area contributed by atoms with Gasteiger partial charge in [-0.25, -0.2) is 0 Å². The largest absolute Gasteiger partial charge is 0.508 e. The molecule has 0 radical (unpaired) electrons. The first-order valence-electron chi connectivity index (χ1n) is 5.14. The molecule has 1 atom stereocenters. The minimum Gasteiger partial charge on any atom is -0.508 e. The van der Waals surface area contributed by atoms with Crippen molar-refractivity contribution in [3.05, 3.63) is 40.4 Å². The van der Waals surface area contributed by atoms with Gasteiger partial charge in [-0.15, -0.1) is 0 Å². The minimum atomic E-state index is -0.949. The van der Waals surface area contributed by atoms with Crippen molar-refractivity contribution in [2.45, 2.75) is 12.8 Å².